The van der Waals surface area contributed by atoms with Gasteiger partial charge in [-0.2, -0.15) is 10.2 Å². The lowest BCUT2D eigenvalue weighted by molar-refractivity contribution is 0.310. The highest BCUT2D eigenvalue weighted by Crippen LogP contribution is 2.16. The van der Waals surface area contributed by atoms with Gasteiger partial charge in [0.1, 0.15) is 11.1 Å². The number of nitrogens with two attached hydrogens (primary N) is 2. The minimum absolute atomic E-state index is 0. The first-order valence-corrected chi connectivity index (χ1v) is 4.57. The van der Waals surface area contributed by atoms with Crippen LogP contribution in [0.2, 0.25) is 0 Å². The summed E-state index contributed by atoms with van der Waals surface area (Å²) >= 11 is 0. The lowest BCUT2D eigenvalue weighted by atomic mass is 10.1. The number of oxime groups is 2. The third-order valence-corrected chi connectivity index (χ3v) is 2.02. The molecule has 0 amide bonds. The Balaban J connectivity index is -0.00000112. The highest BCUT2D eigenvalue weighted by Gasteiger charge is 2.27. The van der Waals surface area contributed by atoms with Crippen LogP contribution >= 0.6 is 24.8 Å². The van der Waals surface area contributed by atoms with E-state index in [2.05, 4.69) is 20.5 Å². The van der Waals surface area contributed by atoms with Crippen LogP contribution < -0.4 is 11.5 Å². The molecule has 0 saturated carbocycles. The molecule has 0 unspecified atom stereocenters. The van der Waals surface area contributed by atoms with E-state index in [9.17, 15) is 0 Å². The number of nitrogens with zero attached hydrogens (tertiary/aromatic N) is 4. The summed E-state index contributed by atoms with van der Waals surface area (Å²) in [5.41, 5.74) is 8.93. The van der Waals surface area contributed by atoms with Crippen molar-refractivity contribution in [3.63, 3.8) is 0 Å². The predicted molar refractivity (Wildman–Crippen MR) is 74.3 cm³/mol. The number of rotatable bonds is 4. The molecule has 0 saturated heterocycles. The Morgan fingerprint density at radius 3 is 1.17 bits per heavy atom. The second-order valence-electron chi connectivity index (χ2n) is 4.29. The Morgan fingerprint density at radius 1 is 0.778 bits per heavy atom. The maximum Gasteiger partial charge on any atom is 0.168 e. The molecule has 8 nitrogen and oxygen atoms in total. The summed E-state index contributed by atoms with van der Waals surface area (Å²) in [7, 11) is 0. The van der Waals surface area contributed by atoms with Crippen LogP contribution in [-0.2, 0) is 0 Å². The highest BCUT2D eigenvalue weighted by atomic mass is 35.5. The molecule has 0 spiro atoms. The van der Waals surface area contributed by atoms with Gasteiger partial charge in [0.25, 0.3) is 0 Å². The second-order valence-corrected chi connectivity index (χ2v) is 4.29. The Morgan fingerprint density at radius 2 is 1.00 bits per heavy atom. The molecule has 0 radical (unpaired) electrons. The fraction of sp³-hybridized carbons (Fsp3) is 0.750. The third-order valence-electron chi connectivity index (χ3n) is 2.02. The van der Waals surface area contributed by atoms with Gasteiger partial charge in [0.2, 0.25) is 0 Å². The molecule has 10 heteroatoms. The van der Waals surface area contributed by atoms with Crippen LogP contribution in [-0.4, -0.2) is 33.2 Å². The van der Waals surface area contributed by atoms with Crippen molar-refractivity contribution in [3.8, 4) is 0 Å². The Kier molecular flexibility index (Phi) is 9.67. The molecular formula is C8H20Cl2N6O2. The van der Waals surface area contributed by atoms with Crippen LogP contribution in [0, 0.1) is 0 Å². The van der Waals surface area contributed by atoms with Crippen LogP contribution in [0.1, 0.15) is 27.7 Å². The Bertz CT molecular complexity index is 308. The zero-order chi connectivity index (χ0) is 13.0. The van der Waals surface area contributed by atoms with Crippen molar-refractivity contribution in [3.05, 3.63) is 0 Å². The third kappa shape index (κ3) is 5.87. The summed E-state index contributed by atoms with van der Waals surface area (Å²) < 4.78 is 0. The largest absolute Gasteiger partial charge is 0.409 e. The van der Waals surface area contributed by atoms with E-state index < -0.39 is 11.1 Å². The van der Waals surface area contributed by atoms with Gasteiger partial charge in [-0.15, -0.1) is 24.8 Å². The minimum Gasteiger partial charge on any atom is -0.409 e. The van der Waals surface area contributed by atoms with Crippen molar-refractivity contribution in [1.29, 1.82) is 0 Å². The van der Waals surface area contributed by atoms with Crippen LogP contribution in [0.3, 0.4) is 0 Å². The molecule has 18 heavy (non-hydrogen) atoms. The molecule has 0 aliphatic carbocycles. The SMILES string of the molecule is CC(C)(N=NC(C)(C)C(N)=NO)C(N)=NO.Cl.Cl. The van der Waals surface area contributed by atoms with Crippen molar-refractivity contribution in [1.82, 2.24) is 0 Å². The lowest BCUT2D eigenvalue weighted by Gasteiger charge is -2.20. The minimum atomic E-state index is -0.957. The molecule has 0 atom stereocenters. The normalized spacial score (nSPS) is 14.0. The molecule has 108 valence electrons. The van der Waals surface area contributed by atoms with Crippen molar-refractivity contribution in [2.24, 2.45) is 32.0 Å². The first-order valence-electron chi connectivity index (χ1n) is 4.57. The predicted octanol–water partition coefficient (Wildman–Crippen LogP) is 1.33. The van der Waals surface area contributed by atoms with E-state index in [0.717, 1.165) is 0 Å². The zero-order valence-corrected chi connectivity index (χ0v) is 12.3. The molecule has 0 aromatic rings. The summed E-state index contributed by atoms with van der Waals surface area (Å²) in [6.45, 7) is 6.48. The fourth-order valence-electron chi connectivity index (χ4n) is 0.597. The average Bonchev–Trinajstić information content (AvgIpc) is 2.24. The standard InChI is InChI=1S/C8H18N6O2.2ClH/c1-7(2,5(9)11-15)13-14-8(3,4)6(10)12-16;;/h15-16H,1-4H3,(H2,9,11)(H2,10,12);2*1H. The molecule has 0 aliphatic heterocycles. The van der Waals surface area contributed by atoms with Crippen molar-refractivity contribution >= 4 is 36.5 Å². The molecule has 0 bridgehead atoms. The summed E-state index contributed by atoms with van der Waals surface area (Å²) in [5.74, 6) is -0.155. The fourth-order valence-corrected chi connectivity index (χ4v) is 0.597. The molecule has 0 aromatic heterocycles. The van der Waals surface area contributed by atoms with Gasteiger partial charge in [-0.25, -0.2) is 0 Å². The van der Waals surface area contributed by atoms with Gasteiger partial charge in [-0.3, -0.25) is 0 Å². The first-order chi connectivity index (χ1) is 7.17. The van der Waals surface area contributed by atoms with Gasteiger partial charge >= 0.3 is 0 Å². The maximum absolute atomic E-state index is 8.53. The lowest BCUT2D eigenvalue weighted by Crippen LogP contribution is -2.39. The van der Waals surface area contributed by atoms with Crippen LogP contribution in [0.25, 0.3) is 0 Å². The monoisotopic (exact) mass is 302 g/mol. The topological polar surface area (TPSA) is 142 Å². The highest BCUT2D eigenvalue weighted by molar-refractivity contribution is 5.90. The number of halogens is 2. The van der Waals surface area contributed by atoms with Crippen molar-refractivity contribution in [2.45, 2.75) is 38.8 Å². The van der Waals surface area contributed by atoms with Gasteiger partial charge in [0, 0.05) is 0 Å². The maximum atomic E-state index is 8.53. The van der Waals surface area contributed by atoms with Gasteiger partial charge in [-0.1, -0.05) is 10.3 Å². The number of amidine groups is 2. The summed E-state index contributed by atoms with van der Waals surface area (Å²) in [6, 6.07) is 0. The molecule has 0 aliphatic rings. The number of azo groups is 1. The van der Waals surface area contributed by atoms with E-state index in [0.29, 0.717) is 0 Å². The van der Waals surface area contributed by atoms with E-state index in [1.807, 2.05) is 0 Å². The van der Waals surface area contributed by atoms with E-state index in [4.69, 9.17) is 21.9 Å². The molecule has 6 N–H and O–H groups in total. The molecule has 0 aromatic carbocycles. The summed E-state index contributed by atoms with van der Waals surface area (Å²) in [4.78, 5) is 0. The number of hydrogen-bond donors (Lipinski definition) is 4. The Hall–Kier alpha value is -1.28. The van der Waals surface area contributed by atoms with Crippen LogP contribution in [0.4, 0.5) is 0 Å². The first kappa shape index (κ1) is 21.9. The summed E-state index contributed by atoms with van der Waals surface area (Å²) in [5, 5.41) is 30.6. The van der Waals surface area contributed by atoms with E-state index in [1.165, 1.54) is 0 Å². The molecular weight excluding hydrogens is 283 g/mol. The molecule has 0 heterocycles. The van der Waals surface area contributed by atoms with E-state index in [-0.39, 0.29) is 36.5 Å². The summed E-state index contributed by atoms with van der Waals surface area (Å²) in [6.07, 6.45) is 0. The Labute approximate surface area is 118 Å². The molecule has 0 fully saturated rings. The van der Waals surface area contributed by atoms with Crippen molar-refractivity contribution < 1.29 is 10.4 Å². The number of hydrogen-bond acceptors (Lipinski definition) is 6. The van der Waals surface area contributed by atoms with Gasteiger partial charge < -0.3 is 21.9 Å². The second kappa shape index (κ2) is 7.93. The van der Waals surface area contributed by atoms with E-state index in [1.54, 1.807) is 27.7 Å². The van der Waals surface area contributed by atoms with Crippen molar-refractivity contribution in [2.75, 3.05) is 0 Å². The van der Waals surface area contributed by atoms with Gasteiger partial charge in [0.15, 0.2) is 11.7 Å². The quantitative estimate of drug-likeness (QED) is 0.204. The van der Waals surface area contributed by atoms with Crippen LogP contribution in [0.15, 0.2) is 20.5 Å². The van der Waals surface area contributed by atoms with Gasteiger partial charge in [-0.05, 0) is 27.7 Å². The molecule has 0 rings (SSSR count). The average molecular weight is 303 g/mol. The van der Waals surface area contributed by atoms with E-state index >= 15 is 0 Å². The van der Waals surface area contributed by atoms with Crippen LogP contribution in [0.5, 0.6) is 0 Å². The van der Waals surface area contributed by atoms with Gasteiger partial charge in [0.05, 0.1) is 0 Å². The zero-order valence-electron chi connectivity index (χ0n) is 10.7. The smallest absolute Gasteiger partial charge is 0.168 e.